The molecule has 2 aromatic carbocycles. The monoisotopic (exact) mass is 421 g/mol. The van der Waals surface area contributed by atoms with Crippen molar-refractivity contribution in [3.05, 3.63) is 53.6 Å². The van der Waals surface area contributed by atoms with Crippen LogP contribution >= 0.6 is 0 Å². The van der Waals surface area contributed by atoms with Gasteiger partial charge in [0.2, 0.25) is 11.6 Å². The molecule has 7 heteroatoms. The van der Waals surface area contributed by atoms with E-state index in [1.165, 1.54) is 0 Å². The fraction of sp³-hybridized carbons (Fsp3) is 0.417. The molecule has 0 bridgehead atoms. The van der Waals surface area contributed by atoms with Crippen molar-refractivity contribution in [3.8, 4) is 17.2 Å². The SMILES string of the molecule is COc1ccc(C2=NN3[C@@H](C2)c2ccccc2OC32CCN(C(C)=O)CC2)c(OC)c1. The molecule has 3 aliphatic rings. The van der Waals surface area contributed by atoms with Crippen molar-refractivity contribution in [1.82, 2.24) is 9.91 Å². The van der Waals surface area contributed by atoms with Gasteiger partial charge in [0.1, 0.15) is 17.2 Å². The van der Waals surface area contributed by atoms with Crippen LogP contribution in [0.1, 0.15) is 43.4 Å². The smallest absolute Gasteiger partial charge is 0.219 e. The van der Waals surface area contributed by atoms with Gasteiger partial charge in [0.05, 0.1) is 26.0 Å². The summed E-state index contributed by atoms with van der Waals surface area (Å²) in [6.45, 7) is 2.95. The van der Waals surface area contributed by atoms with Gasteiger partial charge in [-0.15, -0.1) is 0 Å². The van der Waals surface area contributed by atoms with Gasteiger partial charge in [-0.3, -0.25) is 4.79 Å². The van der Waals surface area contributed by atoms with Crippen LogP contribution in [0.4, 0.5) is 0 Å². The number of rotatable bonds is 3. The quantitative estimate of drug-likeness (QED) is 0.758. The molecule has 0 unspecified atom stereocenters. The average molecular weight is 421 g/mol. The summed E-state index contributed by atoms with van der Waals surface area (Å²) >= 11 is 0. The summed E-state index contributed by atoms with van der Waals surface area (Å²) in [6.07, 6.45) is 2.20. The van der Waals surface area contributed by atoms with Crippen LogP contribution < -0.4 is 14.2 Å². The highest BCUT2D eigenvalue weighted by molar-refractivity contribution is 6.04. The molecule has 0 N–H and O–H groups in total. The summed E-state index contributed by atoms with van der Waals surface area (Å²) in [7, 11) is 3.31. The normalized spacial score (nSPS) is 21.1. The lowest BCUT2D eigenvalue weighted by Crippen LogP contribution is -2.59. The molecule has 0 aliphatic carbocycles. The molecule has 5 rings (SSSR count). The zero-order valence-electron chi connectivity index (χ0n) is 18.1. The van der Waals surface area contributed by atoms with Gasteiger partial charge in [0.15, 0.2) is 0 Å². The number of hydrogen-bond acceptors (Lipinski definition) is 6. The first-order chi connectivity index (χ1) is 15.0. The highest BCUT2D eigenvalue weighted by Crippen LogP contribution is 2.50. The predicted molar refractivity (Wildman–Crippen MR) is 117 cm³/mol. The lowest BCUT2D eigenvalue weighted by Gasteiger charge is -2.51. The largest absolute Gasteiger partial charge is 0.497 e. The van der Waals surface area contributed by atoms with E-state index in [-0.39, 0.29) is 11.9 Å². The molecule has 3 heterocycles. The third-order valence-electron chi connectivity index (χ3n) is 6.62. The van der Waals surface area contributed by atoms with E-state index in [0.29, 0.717) is 25.9 Å². The Bertz CT molecular complexity index is 1040. The summed E-state index contributed by atoms with van der Waals surface area (Å²) in [5.74, 6) is 2.51. The van der Waals surface area contributed by atoms with Crippen LogP contribution in [0, 0.1) is 0 Å². The van der Waals surface area contributed by atoms with Crippen molar-refractivity contribution in [1.29, 1.82) is 0 Å². The van der Waals surface area contributed by atoms with E-state index in [9.17, 15) is 4.79 Å². The standard InChI is InChI=1S/C24H27N3O4/c1-16(28)26-12-10-24(11-13-26)27-21(19-6-4-5-7-22(19)31-24)15-20(25-27)18-9-8-17(29-2)14-23(18)30-3/h4-9,14,21H,10-13,15H2,1-3H3/t21-/m0/s1. The number of methoxy groups -OCH3 is 2. The summed E-state index contributed by atoms with van der Waals surface area (Å²) < 4.78 is 17.6. The Kier molecular flexibility index (Phi) is 4.76. The number of nitrogens with zero attached hydrogens (tertiary/aromatic N) is 3. The van der Waals surface area contributed by atoms with Gasteiger partial charge in [-0.2, -0.15) is 5.10 Å². The predicted octanol–water partition coefficient (Wildman–Crippen LogP) is 3.59. The highest BCUT2D eigenvalue weighted by atomic mass is 16.5. The van der Waals surface area contributed by atoms with E-state index < -0.39 is 5.72 Å². The maximum atomic E-state index is 11.9. The van der Waals surface area contributed by atoms with Gasteiger partial charge in [-0.05, 0) is 18.2 Å². The first kappa shape index (κ1) is 19.7. The molecule has 3 aliphatic heterocycles. The van der Waals surface area contributed by atoms with E-state index in [0.717, 1.165) is 40.5 Å². The van der Waals surface area contributed by atoms with Gasteiger partial charge >= 0.3 is 0 Å². The number of carbonyl (C=O) groups excluding carboxylic acids is 1. The van der Waals surface area contributed by atoms with Crippen LogP contribution in [0.3, 0.4) is 0 Å². The van der Waals surface area contributed by atoms with Crippen molar-refractivity contribution >= 4 is 11.6 Å². The van der Waals surface area contributed by atoms with E-state index in [4.69, 9.17) is 19.3 Å². The minimum Gasteiger partial charge on any atom is -0.497 e. The average Bonchev–Trinajstić information content (AvgIpc) is 3.25. The number of hydrazone groups is 1. The second kappa shape index (κ2) is 7.48. The van der Waals surface area contributed by atoms with Crippen molar-refractivity contribution in [2.45, 2.75) is 38.0 Å². The Morgan fingerprint density at radius 2 is 1.90 bits per heavy atom. The van der Waals surface area contributed by atoms with Crippen molar-refractivity contribution in [2.24, 2.45) is 5.10 Å². The van der Waals surface area contributed by atoms with Crippen LogP contribution in [-0.2, 0) is 4.79 Å². The number of piperidine rings is 1. The van der Waals surface area contributed by atoms with Crippen LogP contribution in [0.5, 0.6) is 17.2 Å². The molecular weight excluding hydrogens is 394 g/mol. The number of ether oxygens (including phenoxy) is 3. The highest BCUT2D eigenvalue weighted by Gasteiger charge is 2.52. The third-order valence-corrected chi connectivity index (χ3v) is 6.62. The number of fused-ring (bicyclic) bond motifs is 4. The van der Waals surface area contributed by atoms with E-state index >= 15 is 0 Å². The molecule has 0 radical (unpaired) electrons. The molecule has 2 aromatic rings. The molecule has 1 spiro atoms. The lowest BCUT2D eigenvalue weighted by atomic mass is 9.90. The minimum absolute atomic E-state index is 0.0932. The number of carbonyl (C=O) groups is 1. The van der Waals surface area contributed by atoms with Crippen LogP contribution in [0.2, 0.25) is 0 Å². The van der Waals surface area contributed by atoms with Crippen LogP contribution in [0.25, 0.3) is 0 Å². The number of likely N-dealkylation sites (tertiary alicyclic amines) is 1. The minimum atomic E-state index is -0.549. The summed E-state index contributed by atoms with van der Waals surface area (Å²) in [6, 6.07) is 14.1. The fourth-order valence-electron chi connectivity index (χ4n) is 4.93. The third kappa shape index (κ3) is 3.19. The summed E-state index contributed by atoms with van der Waals surface area (Å²) in [5, 5.41) is 7.24. The molecule has 1 amide bonds. The molecule has 1 fully saturated rings. The van der Waals surface area contributed by atoms with E-state index in [1.54, 1.807) is 21.1 Å². The van der Waals surface area contributed by atoms with Gasteiger partial charge in [-0.1, -0.05) is 18.2 Å². The molecule has 0 aromatic heterocycles. The van der Waals surface area contributed by atoms with Gasteiger partial charge in [0.25, 0.3) is 0 Å². The topological polar surface area (TPSA) is 63.6 Å². The first-order valence-electron chi connectivity index (χ1n) is 10.7. The van der Waals surface area contributed by atoms with Crippen molar-refractivity contribution in [3.63, 3.8) is 0 Å². The fourth-order valence-corrected chi connectivity index (χ4v) is 4.93. The Balaban J connectivity index is 1.55. The first-order valence-corrected chi connectivity index (χ1v) is 10.7. The second-order valence-electron chi connectivity index (χ2n) is 8.27. The second-order valence-corrected chi connectivity index (χ2v) is 8.27. The summed E-state index contributed by atoms with van der Waals surface area (Å²) in [4.78, 5) is 13.8. The Hall–Kier alpha value is -3.22. The molecule has 0 saturated carbocycles. The zero-order valence-corrected chi connectivity index (χ0v) is 18.1. The van der Waals surface area contributed by atoms with Gasteiger partial charge in [-0.25, -0.2) is 5.01 Å². The maximum absolute atomic E-state index is 11.9. The lowest BCUT2D eigenvalue weighted by molar-refractivity contribution is -0.158. The maximum Gasteiger partial charge on any atom is 0.219 e. The van der Waals surface area contributed by atoms with Crippen molar-refractivity contribution < 1.29 is 19.0 Å². The number of benzene rings is 2. The number of para-hydroxylation sites is 1. The molecule has 7 nitrogen and oxygen atoms in total. The Morgan fingerprint density at radius 3 is 2.61 bits per heavy atom. The molecule has 162 valence electrons. The van der Waals surface area contributed by atoms with E-state index in [1.807, 2.05) is 41.3 Å². The molecule has 1 atom stereocenters. The zero-order chi connectivity index (χ0) is 21.6. The van der Waals surface area contributed by atoms with Crippen LogP contribution in [-0.4, -0.2) is 54.6 Å². The molecular formula is C24H27N3O4. The van der Waals surface area contributed by atoms with Gasteiger partial charge in [0, 0.05) is 56.5 Å². The number of amides is 1. The van der Waals surface area contributed by atoms with Crippen molar-refractivity contribution in [2.75, 3.05) is 27.3 Å². The van der Waals surface area contributed by atoms with Gasteiger partial charge < -0.3 is 19.1 Å². The number of hydrogen-bond donors (Lipinski definition) is 0. The summed E-state index contributed by atoms with van der Waals surface area (Å²) in [5.41, 5.74) is 2.53. The molecule has 31 heavy (non-hydrogen) atoms. The van der Waals surface area contributed by atoms with E-state index in [2.05, 4.69) is 11.1 Å². The Morgan fingerprint density at radius 1 is 1.13 bits per heavy atom. The van der Waals surface area contributed by atoms with Crippen LogP contribution in [0.15, 0.2) is 47.6 Å². The molecule has 1 saturated heterocycles. The Labute approximate surface area is 182 Å².